The Bertz CT molecular complexity index is 183. The molecule has 0 fully saturated rings. The number of alkyl halides is 3. The number of halogens is 3. The van der Waals surface area contributed by atoms with Crippen LogP contribution >= 0.6 is 0 Å². The zero-order valence-corrected chi connectivity index (χ0v) is 8.78. The average molecular weight is 226 g/mol. The molecule has 0 aliphatic carbocycles. The lowest BCUT2D eigenvalue weighted by Gasteiger charge is -2.08. The van der Waals surface area contributed by atoms with Crippen LogP contribution in [0.2, 0.25) is 0 Å². The maximum Gasteiger partial charge on any atom is 0.389 e. The number of amides is 2. The summed E-state index contributed by atoms with van der Waals surface area (Å²) in [4.78, 5) is 10.9. The molecule has 0 saturated heterocycles. The van der Waals surface area contributed by atoms with Crippen LogP contribution in [0.25, 0.3) is 0 Å². The van der Waals surface area contributed by atoms with E-state index in [4.69, 9.17) is 0 Å². The summed E-state index contributed by atoms with van der Waals surface area (Å²) >= 11 is 0. The van der Waals surface area contributed by atoms with Gasteiger partial charge in [0.2, 0.25) is 0 Å². The third kappa shape index (κ3) is 11.0. The van der Waals surface area contributed by atoms with E-state index >= 15 is 0 Å². The third-order valence-electron chi connectivity index (χ3n) is 1.74. The minimum atomic E-state index is -4.14. The van der Waals surface area contributed by atoms with Crippen molar-refractivity contribution in [3.63, 3.8) is 0 Å². The highest BCUT2D eigenvalue weighted by molar-refractivity contribution is 5.73. The predicted octanol–water partition coefficient (Wildman–Crippen LogP) is 2.43. The fraction of sp³-hybridized carbons (Fsp3) is 0.889. The maximum atomic E-state index is 11.7. The zero-order valence-electron chi connectivity index (χ0n) is 8.78. The second-order valence-corrected chi connectivity index (χ2v) is 3.25. The van der Waals surface area contributed by atoms with Gasteiger partial charge in [-0.15, -0.1) is 0 Å². The number of rotatable bonds is 6. The van der Waals surface area contributed by atoms with E-state index in [-0.39, 0.29) is 13.0 Å². The van der Waals surface area contributed by atoms with E-state index in [0.717, 1.165) is 12.8 Å². The standard InChI is InChI=1S/C9H17F3N2O/c1-2-3-6-13-8(15)14-7-4-5-9(10,11)12/h2-7H2,1H3,(H2,13,14,15). The summed E-state index contributed by atoms with van der Waals surface area (Å²) in [6.07, 6.45) is -3.24. The molecule has 0 bridgehead atoms. The van der Waals surface area contributed by atoms with Crippen molar-refractivity contribution in [2.75, 3.05) is 13.1 Å². The van der Waals surface area contributed by atoms with Crippen LogP contribution in [0.15, 0.2) is 0 Å². The minimum absolute atomic E-state index is 0.0530. The fourth-order valence-electron chi connectivity index (χ4n) is 0.932. The van der Waals surface area contributed by atoms with Crippen molar-refractivity contribution in [1.82, 2.24) is 10.6 Å². The van der Waals surface area contributed by atoms with Gasteiger partial charge >= 0.3 is 12.2 Å². The molecular weight excluding hydrogens is 209 g/mol. The Labute approximate surface area is 87.4 Å². The van der Waals surface area contributed by atoms with Crippen molar-refractivity contribution in [3.8, 4) is 0 Å². The zero-order chi connectivity index (χ0) is 11.7. The van der Waals surface area contributed by atoms with Gasteiger partial charge in [-0.2, -0.15) is 13.2 Å². The summed E-state index contributed by atoms with van der Waals surface area (Å²) in [5.41, 5.74) is 0. The Hall–Kier alpha value is -0.940. The molecule has 0 atom stereocenters. The first-order valence-electron chi connectivity index (χ1n) is 5.04. The van der Waals surface area contributed by atoms with Gasteiger partial charge in [0, 0.05) is 19.5 Å². The van der Waals surface area contributed by atoms with Gasteiger partial charge in [0.25, 0.3) is 0 Å². The van der Waals surface area contributed by atoms with E-state index < -0.39 is 18.6 Å². The van der Waals surface area contributed by atoms with Crippen LogP contribution in [-0.2, 0) is 0 Å². The highest BCUT2D eigenvalue weighted by Crippen LogP contribution is 2.20. The summed E-state index contributed by atoms with van der Waals surface area (Å²) in [5, 5.41) is 4.91. The Balaban J connectivity index is 3.32. The predicted molar refractivity (Wildman–Crippen MR) is 51.6 cm³/mol. The Morgan fingerprint density at radius 3 is 2.13 bits per heavy atom. The monoisotopic (exact) mass is 226 g/mol. The van der Waals surface area contributed by atoms with Crippen molar-refractivity contribution >= 4 is 6.03 Å². The average Bonchev–Trinajstić information content (AvgIpc) is 2.11. The Morgan fingerprint density at radius 2 is 1.67 bits per heavy atom. The number of nitrogens with one attached hydrogen (secondary N) is 2. The molecule has 15 heavy (non-hydrogen) atoms. The molecule has 0 aliphatic rings. The molecule has 0 unspecified atom stereocenters. The number of carbonyl (C=O) groups is 1. The molecule has 0 aromatic heterocycles. The number of carbonyl (C=O) groups excluding carboxylic acids is 1. The highest BCUT2D eigenvalue weighted by Gasteiger charge is 2.25. The molecule has 0 rings (SSSR count). The molecule has 2 amide bonds. The minimum Gasteiger partial charge on any atom is -0.338 e. The first-order valence-corrected chi connectivity index (χ1v) is 5.04. The van der Waals surface area contributed by atoms with Crippen molar-refractivity contribution in [3.05, 3.63) is 0 Å². The van der Waals surface area contributed by atoms with Gasteiger partial charge in [-0.05, 0) is 12.8 Å². The van der Waals surface area contributed by atoms with E-state index in [1.807, 2.05) is 6.92 Å². The van der Waals surface area contributed by atoms with Gasteiger partial charge < -0.3 is 10.6 Å². The summed E-state index contributed by atoms with van der Waals surface area (Å²) in [7, 11) is 0. The molecule has 0 saturated carbocycles. The molecule has 0 aliphatic heterocycles. The molecule has 0 radical (unpaired) electrons. The van der Waals surface area contributed by atoms with E-state index in [1.165, 1.54) is 0 Å². The number of unbranched alkanes of at least 4 members (excludes halogenated alkanes) is 1. The van der Waals surface area contributed by atoms with Crippen LogP contribution in [0, 0.1) is 0 Å². The molecule has 90 valence electrons. The van der Waals surface area contributed by atoms with Crippen molar-refractivity contribution in [2.24, 2.45) is 0 Å². The number of hydrogen-bond acceptors (Lipinski definition) is 1. The lowest BCUT2D eigenvalue weighted by atomic mass is 10.3. The van der Waals surface area contributed by atoms with Crippen LogP contribution in [-0.4, -0.2) is 25.3 Å². The van der Waals surface area contributed by atoms with E-state index in [0.29, 0.717) is 6.54 Å². The Morgan fingerprint density at radius 1 is 1.13 bits per heavy atom. The molecule has 0 spiro atoms. The smallest absolute Gasteiger partial charge is 0.338 e. The summed E-state index contributed by atoms with van der Waals surface area (Å²) in [5.74, 6) is 0. The second kappa shape index (κ2) is 7.36. The van der Waals surface area contributed by atoms with Crippen molar-refractivity contribution in [2.45, 2.75) is 38.8 Å². The molecule has 2 N–H and O–H groups in total. The molecule has 3 nitrogen and oxygen atoms in total. The van der Waals surface area contributed by atoms with Crippen LogP contribution in [0.1, 0.15) is 32.6 Å². The number of hydrogen-bond donors (Lipinski definition) is 2. The SMILES string of the molecule is CCCCNC(=O)NCCCC(F)(F)F. The van der Waals surface area contributed by atoms with E-state index in [2.05, 4.69) is 10.6 Å². The summed E-state index contributed by atoms with van der Waals surface area (Å²) in [6, 6.07) is -0.398. The van der Waals surface area contributed by atoms with Gasteiger partial charge in [-0.25, -0.2) is 4.79 Å². The normalized spacial score (nSPS) is 11.2. The second-order valence-electron chi connectivity index (χ2n) is 3.25. The third-order valence-corrected chi connectivity index (χ3v) is 1.74. The maximum absolute atomic E-state index is 11.7. The molecule has 0 aromatic rings. The van der Waals surface area contributed by atoms with Gasteiger partial charge in [-0.1, -0.05) is 13.3 Å². The first kappa shape index (κ1) is 14.1. The number of urea groups is 1. The van der Waals surface area contributed by atoms with Crippen molar-refractivity contribution in [1.29, 1.82) is 0 Å². The largest absolute Gasteiger partial charge is 0.389 e. The Kier molecular flexibility index (Phi) is 6.90. The van der Waals surface area contributed by atoms with E-state index in [1.54, 1.807) is 0 Å². The van der Waals surface area contributed by atoms with E-state index in [9.17, 15) is 18.0 Å². The van der Waals surface area contributed by atoms with Crippen molar-refractivity contribution < 1.29 is 18.0 Å². The lowest BCUT2D eigenvalue weighted by Crippen LogP contribution is -2.36. The van der Waals surface area contributed by atoms with Gasteiger partial charge in [-0.3, -0.25) is 0 Å². The molecule has 0 aromatic carbocycles. The van der Waals surface area contributed by atoms with Crippen LogP contribution < -0.4 is 10.6 Å². The van der Waals surface area contributed by atoms with Crippen LogP contribution in [0.5, 0.6) is 0 Å². The highest BCUT2D eigenvalue weighted by atomic mass is 19.4. The summed E-state index contributed by atoms with van der Waals surface area (Å²) < 4.78 is 35.1. The first-order chi connectivity index (χ1) is 6.95. The van der Waals surface area contributed by atoms with Gasteiger partial charge in [0.15, 0.2) is 0 Å². The molecular formula is C9H17F3N2O. The molecule has 6 heteroatoms. The topological polar surface area (TPSA) is 41.1 Å². The van der Waals surface area contributed by atoms with Crippen LogP contribution in [0.3, 0.4) is 0 Å². The fourth-order valence-corrected chi connectivity index (χ4v) is 0.932. The van der Waals surface area contributed by atoms with Crippen LogP contribution in [0.4, 0.5) is 18.0 Å². The summed E-state index contributed by atoms with van der Waals surface area (Å²) in [6.45, 7) is 2.60. The lowest BCUT2D eigenvalue weighted by molar-refractivity contribution is -0.135. The quantitative estimate of drug-likeness (QED) is 0.671. The van der Waals surface area contributed by atoms with Gasteiger partial charge in [0.1, 0.15) is 0 Å². The van der Waals surface area contributed by atoms with Gasteiger partial charge in [0.05, 0.1) is 0 Å². The molecule has 0 heterocycles.